The number of non-ortho nitro benzene ring substituents is 1. The Bertz CT molecular complexity index is 1110. The molecule has 0 bridgehead atoms. The summed E-state index contributed by atoms with van der Waals surface area (Å²) in [6, 6.07) is 13.3. The second-order valence-corrected chi connectivity index (χ2v) is 7.11. The highest BCUT2D eigenvalue weighted by Gasteiger charge is 2.30. The molecule has 7 nitrogen and oxygen atoms in total. The van der Waals surface area contributed by atoms with E-state index >= 15 is 0 Å². The molecular weight excluding hydrogens is 481 g/mol. The van der Waals surface area contributed by atoms with Crippen molar-refractivity contribution in [1.29, 1.82) is 0 Å². The van der Waals surface area contributed by atoms with Crippen molar-refractivity contribution >= 4 is 33.6 Å². The molecule has 11 heteroatoms. The maximum absolute atomic E-state index is 12.6. The van der Waals surface area contributed by atoms with Gasteiger partial charge in [0.05, 0.1) is 16.7 Å². The van der Waals surface area contributed by atoms with Gasteiger partial charge in [-0.15, -0.1) is 0 Å². The van der Waals surface area contributed by atoms with Gasteiger partial charge in [0, 0.05) is 28.4 Å². The monoisotopic (exact) mass is 494 g/mol. The molecule has 0 spiro atoms. The molecule has 0 fully saturated rings. The number of pyridine rings is 1. The smallest absolute Gasteiger partial charge is 0.417 e. The lowest BCUT2D eigenvalue weighted by molar-refractivity contribution is -0.384. The fourth-order valence-electron chi connectivity index (χ4n) is 2.47. The first-order valence-electron chi connectivity index (χ1n) is 8.70. The van der Waals surface area contributed by atoms with E-state index in [-0.39, 0.29) is 18.1 Å². The predicted molar refractivity (Wildman–Crippen MR) is 112 cm³/mol. The van der Waals surface area contributed by atoms with Gasteiger partial charge in [-0.25, -0.2) is 4.98 Å². The van der Waals surface area contributed by atoms with Crippen LogP contribution in [-0.2, 0) is 12.8 Å². The first-order chi connectivity index (χ1) is 14.7. The number of hydrazone groups is 1. The van der Waals surface area contributed by atoms with Crippen molar-refractivity contribution in [2.45, 2.75) is 12.8 Å². The van der Waals surface area contributed by atoms with E-state index in [2.05, 4.69) is 31.4 Å². The van der Waals surface area contributed by atoms with E-state index < -0.39 is 16.7 Å². The number of nitrogens with zero attached hydrogens (tertiary/aromatic N) is 3. The van der Waals surface area contributed by atoms with Crippen LogP contribution in [0.25, 0.3) is 0 Å². The van der Waals surface area contributed by atoms with Gasteiger partial charge < -0.3 is 4.74 Å². The lowest BCUT2D eigenvalue weighted by Crippen LogP contribution is -2.05. The van der Waals surface area contributed by atoms with Crippen molar-refractivity contribution in [1.82, 2.24) is 4.98 Å². The number of anilines is 1. The van der Waals surface area contributed by atoms with Gasteiger partial charge in [-0.2, -0.15) is 18.3 Å². The summed E-state index contributed by atoms with van der Waals surface area (Å²) in [5, 5.41) is 14.9. The van der Waals surface area contributed by atoms with E-state index in [0.717, 1.165) is 10.5 Å². The average Bonchev–Trinajstić information content (AvgIpc) is 2.73. The van der Waals surface area contributed by atoms with Crippen LogP contribution in [0.15, 0.2) is 70.4 Å². The fourth-order valence-corrected chi connectivity index (χ4v) is 2.85. The Morgan fingerprint density at radius 3 is 2.68 bits per heavy atom. The number of hydrogen-bond donors (Lipinski definition) is 1. The van der Waals surface area contributed by atoms with Crippen LogP contribution in [0.2, 0.25) is 0 Å². The fraction of sp³-hybridized carbons (Fsp3) is 0.100. The molecule has 0 radical (unpaired) electrons. The Kier molecular flexibility index (Phi) is 6.85. The van der Waals surface area contributed by atoms with Crippen LogP contribution in [-0.4, -0.2) is 16.1 Å². The lowest BCUT2D eigenvalue weighted by atomic mass is 10.2. The normalized spacial score (nSPS) is 11.5. The Balaban J connectivity index is 1.69. The van der Waals surface area contributed by atoms with Gasteiger partial charge in [0.25, 0.3) is 5.69 Å². The highest BCUT2D eigenvalue weighted by Crippen LogP contribution is 2.29. The zero-order chi connectivity index (χ0) is 22.4. The number of nitro benzene ring substituents is 1. The summed E-state index contributed by atoms with van der Waals surface area (Å²) in [6.45, 7) is 0.0953. The number of hydrogen-bond acceptors (Lipinski definition) is 6. The maximum atomic E-state index is 12.6. The first kappa shape index (κ1) is 22.2. The Labute approximate surface area is 182 Å². The maximum Gasteiger partial charge on any atom is 0.417 e. The number of nitrogens with one attached hydrogen (secondary N) is 1. The van der Waals surface area contributed by atoms with Crippen molar-refractivity contribution in [2.75, 3.05) is 5.43 Å². The molecule has 3 rings (SSSR count). The minimum Gasteiger partial charge on any atom is -0.488 e. The summed E-state index contributed by atoms with van der Waals surface area (Å²) < 4.78 is 44.3. The van der Waals surface area contributed by atoms with Crippen LogP contribution in [0.4, 0.5) is 24.7 Å². The second-order valence-electron chi connectivity index (χ2n) is 6.20. The van der Waals surface area contributed by atoms with Gasteiger partial charge in [0.1, 0.15) is 18.2 Å². The van der Waals surface area contributed by atoms with E-state index in [0.29, 0.717) is 23.1 Å². The molecule has 1 aromatic heterocycles. The number of benzene rings is 2. The molecule has 0 aliphatic carbocycles. The highest BCUT2D eigenvalue weighted by atomic mass is 79.9. The van der Waals surface area contributed by atoms with Gasteiger partial charge in [-0.05, 0) is 35.9 Å². The van der Waals surface area contributed by atoms with Crippen LogP contribution < -0.4 is 10.2 Å². The average molecular weight is 495 g/mol. The third-order valence-corrected chi connectivity index (χ3v) is 4.45. The molecule has 1 N–H and O–H groups in total. The van der Waals surface area contributed by atoms with Crippen LogP contribution in [0, 0.1) is 10.1 Å². The molecule has 0 amide bonds. The predicted octanol–water partition coefficient (Wildman–Crippen LogP) is 5.80. The first-order valence-corrected chi connectivity index (χ1v) is 9.50. The van der Waals surface area contributed by atoms with Gasteiger partial charge in [0.15, 0.2) is 0 Å². The SMILES string of the molecule is O=[N+]([O-])c1cccc(COc2ccc(Br)cc2/C=N\Nc2ccc(C(F)(F)F)cn2)c1. The molecule has 31 heavy (non-hydrogen) atoms. The number of nitro groups is 1. The van der Waals surface area contributed by atoms with E-state index in [4.69, 9.17) is 4.74 Å². The Hall–Kier alpha value is -3.47. The molecule has 1 heterocycles. The molecule has 3 aromatic rings. The quantitative estimate of drug-likeness (QED) is 0.255. The standard InChI is InChI=1S/C20H14BrF3N4O3/c21-16-5-6-18(31-12-13-2-1-3-17(8-13)28(29)30)14(9-16)10-26-27-19-7-4-15(11-25-19)20(22,23)24/h1-11H,12H2,(H,25,27)/b26-10-. The summed E-state index contributed by atoms with van der Waals surface area (Å²) in [7, 11) is 0. The molecule has 160 valence electrons. The third-order valence-electron chi connectivity index (χ3n) is 3.96. The van der Waals surface area contributed by atoms with E-state index in [1.165, 1.54) is 24.4 Å². The minimum absolute atomic E-state index is 0.0352. The van der Waals surface area contributed by atoms with Gasteiger partial charge in [0.2, 0.25) is 0 Å². The third kappa shape index (κ3) is 6.25. The zero-order valence-corrected chi connectivity index (χ0v) is 17.2. The van der Waals surface area contributed by atoms with Crippen molar-refractivity contribution in [2.24, 2.45) is 5.10 Å². The summed E-state index contributed by atoms with van der Waals surface area (Å²) in [6.07, 6.45) is -2.33. The number of rotatable bonds is 7. The van der Waals surface area contributed by atoms with Crippen molar-refractivity contribution in [3.63, 3.8) is 0 Å². The van der Waals surface area contributed by atoms with Crippen molar-refractivity contribution in [3.05, 3.63) is 92.1 Å². The van der Waals surface area contributed by atoms with E-state index in [9.17, 15) is 23.3 Å². The molecule has 0 unspecified atom stereocenters. The van der Waals surface area contributed by atoms with Gasteiger partial charge >= 0.3 is 6.18 Å². The van der Waals surface area contributed by atoms with Gasteiger partial charge in [-0.3, -0.25) is 15.5 Å². The topological polar surface area (TPSA) is 89.7 Å². The van der Waals surface area contributed by atoms with Crippen LogP contribution in [0.1, 0.15) is 16.7 Å². The largest absolute Gasteiger partial charge is 0.488 e. The number of ether oxygens (including phenoxy) is 1. The summed E-state index contributed by atoms with van der Waals surface area (Å²) in [5.41, 5.74) is 2.85. The summed E-state index contributed by atoms with van der Waals surface area (Å²) in [5.74, 6) is 0.596. The Morgan fingerprint density at radius 2 is 2.00 bits per heavy atom. The van der Waals surface area contributed by atoms with Crippen molar-refractivity contribution in [3.8, 4) is 5.75 Å². The second kappa shape index (κ2) is 9.56. The molecule has 0 aliphatic heterocycles. The van der Waals surface area contributed by atoms with E-state index in [1.807, 2.05) is 0 Å². The van der Waals surface area contributed by atoms with Crippen LogP contribution in [0.5, 0.6) is 5.75 Å². The number of alkyl halides is 3. The molecular formula is C20H14BrF3N4O3. The lowest BCUT2D eigenvalue weighted by Gasteiger charge is -2.10. The Morgan fingerprint density at radius 1 is 1.19 bits per heavy atom. The molecule has 0 aliphatic rings. The number of aromatic nitrogens is 1. The molecule has 0 saturated heterocycles. The number of halogens is 4. The summed E-state index contributed by atoms with van der Waals surface area (Å²) >= 11 is 3.35. The summed E-state index contributed by atoms with van der Waals surface area (Å²) in [4.78, 5) is 14.1. The van der Waals surface area contributed by atoms with E-state index in [1.54, 1.807) is 30.3 Å². The zero-order valence-electron chi connectivity index (χ0n) is 15.6. The van der Waals surface area contributed by atoms with Gasteiger partial charge in [-0.1, -0.05) is 28.1 Å². The molecule has 0 saturated carbocycles. The molecule has 2 aromatic carbocycles. The van der Waals surface area contributed by atoms with Crippen molar-refractivity contribution < 1.29 is 22.8 Å². The molecule has 0 atom stereocenters. The highest BCUT2D eigenvalue weighted by molar-refractivity contribution is 9.10. The van der Waals surface area contributed by atoms with Crippen LogP contribution >= 0.6 is 15.9 Å². The van der Waals surface area contributed by atoms with Crippen LogP contribution in [0.3, 0.4) is 0 Å². The minimum atomic E-state index is -4.46.